The monoisotopic (exact) mass is 319 g/mol. The molecule has 0 bridgehead atoms. The molecule has 1 saturated heterocycles. The molecule has 23 heavy (non-hydrogen) atoms. The van der Waals surface area contributed by atoms with Crippen molar-refractivity contribution in [2.75, 3.05) is 20.2 Å². The van der Waals surface area contributed by atoms with Gasteiger partial charge in [-0.25, -0.2) is 4.79 Å². The highest BCUT2D eigenvalue weighted by atomic mass is 16.6. The molecule has 2 heterocycles. The highest BCUT2D eigenvalue weighted by Crippen LogP contribution is 2.46. The van der Waals surface area contributed by atoms with E-state index in [4.69, 9.17) is 14.2 Å². The standard InChI is InChI=1S/C18H25NO4/c1-17(2,3)23-16(20)19-9-14-12-7-6-8-15(21-5)13(12)10-22-18(14,4)11-19/h6-8,14H,9-11H2,1-5H3/t14-,18?/m0/s1. The second kappa shape index (κ2) is 5.41. The normalized spacial score (nSPS) is 26.5. The van der Waals surface area contributed by atoms with Gasteiger partial charge in [0.2, 0.25) is 0 Å². The van der Waals surface area contributed by atoms with Gasteiger partial charge in [0.25, 0.3) is 0 Å². The summed E-state index contributed by atoms with van der Waals surface area (Å²) in [5.74, 6) is 0.981. The fraction of sp³-hybridized carbons (Fsp3) is 0.611. The molecule has 1 aromatic carbocycles. The first kappa shape index (κ1) is 16.1. The molecule has 0 N–H and O–H groups in total. The summed E-state index contributed by atoms with van der Waals surface area (Å²) < 4.78 is 17.1. The van der Waals surface area contributed by atoms with E-state index in [0.29, 0.717) is 19.7 Å². The Labute approximate surface area is 137 Å². The summed E-state index contributed by atoms with van der Waals surface area (Å²) in [6.07, 6.45) is -0.277. The Morgan fingerprint density at radius 3 is 2.78 bits per heavy atom. The van der Waals surface area contributed by atoms with Crippen LogP contribution in [0.4, 0.5) is 4.79 Å². The second-order valence-corrected chi connectivity index (χ2v) is 7.54. The Morgan fingerprint density at radius 1 is 1.39 bits per heavy atom. The van der Waals surface area contributed by atoms with Crippen LogP contribution in [0.2, 0.25) is 0 Å². The largest absolute Gasteiger partial charge is 0.496 e. The summed E-state index contributed by atoms with van der Waals surface area (Å²) in [4.78, 5) is 14.2. The Balaban J connectivity index is 1.87. The topological polar surface area (TPSA) is 48.0 Å². The highest BCUT2D eigenvalue weighted by Gasteiger charge is 2.50. The van der Waals surface area contributed by atoms with Crippen molar-refractivity contribution in [3.8, 4) is 5.75 Å². The quantitative estimate of drug-likeness (QED) is 0.797. The minimum atomic E-state index is -0.492. The Hall–Kier alpha value is -1.75. The molecule has 1 aromatic rings. The number of likely N-dealkylation sites (tertiary alicyclic amines) is 1. The number of methoxy groups -OCH3 is 1. The number of ether oxygens (including phenoxy) is 3. The van der Waals surface area contributed by atoms with E-state index in [9.17, 15) is 4.79 Å². The second-order valence-electron chi connectivity index (χ2n) is 7.54. The molecule has 3 rings (SSSR count). The van der Waals surface area contributed by atoms with Crippen LogP contribution in [0.5, 0.6) is 5.75 Å². The maximum absolute atomic E-state index is 12.4. The van der Waals surface area contributed by atoms with Gasteiger partial charge in [-0.3, -0.25) is 0 Å². The van der Waals surface area contributed by atoms with Crippen LogP contribution < -0.4 is 4.74 Å². The molecule has 0 saturated carbocycles. The zero-order chi connectivity index (χ0) is 16.8. The first-order valence-electron chi connectivity index (χ1n) is 8.01. The van der Waals surface area contributed by atoms with Crippen molar-refractivity contribution in [3.63, 3.8) is 0 Å². The first-order chi connectivity index (χ1) is 10.7. The minimum Gasteiger partial charge on any atom is -0.496 e. The summed E-state index contributed by atoms with van der Waals surface area (Å²) in [6.45, 7) is 9.37. The molecule has 5 nitrogen and oxygen atoms in total. The van der Waals surface area contributed by atoms with E-state index in [0.717, 1.165) is 11.3 Å². The molecule has 2 aliphatic rings. The van der Waals surface area contributed by atoms with Crippen LogP contribution in [0.25, 0.3) is 0 Å². The van der Waals surface area contributed by atoms with Crippen molar-refractivity contribution in [2.45, 2.75) is 51.4 Å². The zero-order valence-electron chi connectivity index (χ0n) is 14.5. The third-order valence-electron chi connectivity index (χ3n) is 4.61. The molecule has 1 unspecified atom stereocenters. The van der Waals surface area contributed by atoms with Crippen LogP contribution in [0.3, 0.4) is 0 Å². The molecule has 0 aliphatic carbocycles. The molecule has 5 heteroatoms. The number of hydrogen-bond acceptors (Lipinski definition) is 4. The number of amides is 1. The van der Waals surface area contributed by atoms with Crippen molar-refractivity contribution < 1.29 is 19.0 Å². The third kappa shape index (κ3) is 2.90. The summed E-state index contributed by atoms with van der Waals surface area (Å²) in [5, 5.41) is 0. The summed E-state index contributed by atoms with van der Waals surface area (Å²) in [6, 6.07) is 6.06. The van der Waals surface area contributed by atoms with Gasteiger partial charge in [-0.15, -0.1) is 0 Å². The van der Waals surface area contributed by atoms with Crippen molar-refractivity contribution in [3.05, 3.63) is 29.3 Å². The minimum absolute atomic E-state index is 0.133. The molecule has 0 spiro atoms. The Morgan fingerprint density at radius 2 is 2.13 bits per heavy atom. The lowest BCUT2D eigenvalue weighted by molar-refractivity contribution is -0.0582. The molecule has 0 aromatic heterocycles. The van der Waals surface area contributed by atoms with Crippen LogP contribution in [-0.4, -0.2) is 42.4 Å². The maximum Gasteiger partial charge on any atom is 0.410 e. The molecule has 1 fully saturated rings. The summed E-state index contributed by atoms with van der Waals surface area (Å²) in [5.41, 5.74) is 1.43. The number of carbonyl (C=O) groups excluding carboxylic acids is 1. The van der Waals surface area contributed by atoms with E-state index in [-0.39, 0.29) is 17.6 Å². The molecule has 2 atom stereocenters. The Bertz CT molecular complexity index is 622. The lowest BCUT2D eigenvalue weighted by Crippen LogP contribution is -2.41. The maximum atomic E-state index is 12.4. The molecule has 126 valence electrons. The average molecular weight is 319 g/mol. The fourth-order valence-corrected chi connectivity index (χ4v) is 3.50. The van der Waals surface area contributed by atoms with Gasteiger partial charge in [-0.1, -0.05) is 12.1 Å². The van der Waals surface area contributed by atoms with Crippen molar-refractivity contribution >= 4 is 6.09 Å². The SMILES string of the molecule is COc1cccc2c1COC1(C)CN(C(=O)OC(C)(C)C)C[C@@H]21. The van der Waals surface area contributed by atoms with Crippen LogP contribution in [0.1, 0.15) is 44.7 Å². The summed E-state index contributed by atoms with van der Waals surface area (Å²) >= 11 is 0. The number of nitrogens with zero attached hydrogens (tertiary/aromatic N) is 1. The number of benzene rings is 1. The van der Waals surface area contributed by atoms with E-state index in [1.165, 1.54) is 5.56 Å². The predicted octanol–water partition coefficient (Wildman–Crippen LogP) is 3.32. The zero-order valence-corrected chi connectivity index (χ0v) is 14.5. The predicted molar refractivity (Wildman–Crippen MR) is 86.7 cm³/mol. The fourth-order valence-electron chi connectivity index (χ4n) is 3.50. The van der Waals surface area contributed by atoms with E-state index in [2.05, 4.69) is 13.0 Å². The van der Waals surface area contributed by atoms with Crippen molar-refractivity contribution in [1.82, 2.24) is 4.90 Å². The van der Waals surface area contributed by atoms with Crippen molar-refractivity contribution in [1.29, 1.82) is 0 Å². The van der Waals surface area contributed by atoms with Crippen molar-refractivity contribution in [2.24, 2.45) is 0 Å². The number of carbonyl (C=O) groups is 1. The molecule has 0 radical (unpaired) electrons. The molecule has 2 aliphatic heterocycles. The van der Waals surface area contributed by atoms with E-state index in [1.807, 2.05) is 32.9 Å². The van der Waals surface area contributed by atoms with E-state index >= 15 is 0 Å². The number of fused-ring (bicyclic) bond motifs is 3. The van der Waals surface area contributed by atoms with Gasteiger partial charge in [-0.2, -0.15) is 0 Å². The lowest BCUT2D eigenvalue weighted by atomic mass is 9.81. The summed E-state index contributed by atoms with van der Waals surface area (Å²) in [7, 11) is 1.67. The van der Waals surface area contributed by atoms with Gasteiger partial charge in [0, 0.05) is 18.0 Å². The van der Waals surface area contributed by atoms with Crippen LogP contribution in [0.15, 0.2) is 18.2 Å². The van der Waals surface area contributed by atoms with Gasteiger partial charge >= 0.3 is 6.09 Å². The first-order valence-corrected chi connectivity index (χ1v) is 8.01. The molecular weight excluding hydrogens is 294 g/mol. The number of rotatable bonds is 1. The molecular formula is C18H25NO4. The Kier molecular flexibility index (Phi) is 3.79. The highest BCUT2D eigenvalue weighted by molar-refractivity contribution is 5.69. The van der Waals surface area contributed by atoms with Gasteiger partial charge in [0.05, 0.1) is 25.9 Å². The van der Waals surface area contributed by atoms with Crippen LogP contribution in [-0.2, 0) is 16.1 Å². The molecule has 1 amide bonds. The van der Waals surface area contributed by atoms with Gasteiger partial charge in [0.15, 0.2) is 0 Å². The number of hydrogen-bond donors (Lipinski definition) is 0. The van der Waals surface area contributed by atoms with E-state index < -0.39 is 5.60 Å². The lowest BCUT2D eigenvalue weighted by Gasteiger charge is -2.37. The average Bonchev–Trinajstić information content (AvgIpc) is 2.83. The van der Waals surface area contributed by atoms with E-state index in [1.54, 1.807) is 12.0 Å². The van der Waals surface area contributed by atoms with Gasteiger partial charge in [0.1, 0.15) is 11.4 Å². The van der Waals surface area contributed by atoms with Gasteiger partial charge < -0.3 is 19.1 Å². The van der Waals surface area contributed by atoms with Crippen LogP contribution in [0, 0.1) is 0 Å². The smallest absolute Gasteiger partial charge is 0.410 e. The van der Waals surface area contributed by atoms with Crippen LogP contribution >= 0.6 is 0 Å². The van der Waals surface area contributed by atoms with Gasteiger partial charge in [-0.05, 0) is 39.3 Å². The third-order valence-corrected chi connectivity index (χ3v) is 4.61.